The summed E-state index contributed by atoms with van der Waals surface area (Å²) in [5.41, 5.74) is 1.19. The summed E-state index contributed by atoms with van der Waals surface area (Å²) in [6.07, 6.45) is 2.09. The fourth-order valence-corrected chi connectivity index (χ4v) is 0.668. The third-order valence-electron chi connectivity index (χ3n) is 1.32. The van der Waals surface area contributed by atoms with Crippen molar-refractivity contribution < 1.29 is 10.2 Å². The van der Waals surface area contributed by atoms with Crippen molar-refractivity contribution in [3.05, 3.63) is 23.8 Å². The smallest absolute Gasteiger partial charge is 0.120 e. The summed E-state index contributed by atoms with van der Waals surface area (Å²) in [7, 11) is 0. The fraction of sp³-hybridized carbons (Fsp3) is 0.429. The second kappa shape index (κ2) is 3.41. The molecule has 1 aromatic heterocycles. The van der Waals surface area contributed by atoms with Crippen molar-refractivity contribution in [2.75, 3.05) is 6.61 Å². The number of aliphatic hydroxyl groups is 2. The van der Waals surface area contributed by atoms with Gasteiger partial charge in [-0.15, -0.1) is 0 Å². The van der Waals surface area contributed by atoms with E-state index in [2.05, 4.69) is 9.97 Å². The van der Waals surface area contributed by atoms with Gasteiger partial charge >= 0.3 is 0 Å². The first-order valence-corrected chi connectivity index (χ1v) is 3.31. The van der Waals surface area contributed by atoms with Crippen LogP contribution in [0.25, 0.3) is 0 Å². The minimum atomic E-state index is -0.914. The molecule has 0 amide bonds. The summed E-state index contributed by atoms with van der Waals surface area (Å²) >= 11 is 0. The van der Waals surface area contributed by atoms with Gasteiger partial charge in [0.25, 0.3) is 0 Å². The number of aromatic nitrogens is 2. The lowest BCUT2D eigenvalue weighted by Crippen LogP contribution is -2.05. The summed E-state index contributed by atoms with van der Waals surface area (Å²) in [4.78, 5) is 7.79. The standard InChI is InChI=1S/C7H10N2O2/c1-5-2-9-6(3-8-5)7(11)4-10/h2-3,7,10-11H,4H2,1H3/t7-/m1/s1. The van der Waals surface area contributed by atoms with Crippen molar-refractivity contribution in [1.29, 1.82) is 0 Å². The number of hydrogen-bond donors (Lipinski definition) is 2. The highest BCUT2D eigenvalue weighted by Gasteiger charge is 2.06. The largest absolute Gasteiger partial charge is 0.393 e. The molecule has 0 aliphatic heterocycles. The molecular formula is C7H10N2O2. The maximum absolute atomic E-state index is 9.07. The average Bonchev–Trinajstić information content (AvgIpc) is 2.05. The maximum atomic E-state index is 9.07. The molecule has 4 heteroatoms. The minimum Gasteiger partial charge on any atom is -0.393 e. The van der Waals surface area contributed by atoms with Gasteiger partial charge in [0.15, 0.2) is 0 Å². The number of rotatable bonds is 2. The fourth-order valence-electron chi connectivity index (χ4n) is 0.668. The van der Waals surface area contributed by atoms with E-state index in [0.29, 0.717) is 5.69 Å². The lowest BCUT2D eigenvalue weighted by molar-refractivity contribution is 0.0919. The Balaban J connectivity index is 2.81. The Morgan fingerprint density at radius 1 is 1.45 bits per heavy atom. The van der Waals surface area contributed by atoms with Crippen LogP contribution in [0.4, 0.5) is 0 Å². The highest BCUT2D eigenvalue weighted by Crippen LogP contribution is 2.06. The molecule has 0 aromatic carbocycles. The molecular weight excluding hydrogens is 144 g/mol. The van der Waals surface area contributed by atoms with Crippen LogP contribution in [0.1, 0.15) is 17.5 Å². The molecule has 0 saturated carbocycles. The van der Waals surface area contributed by atoms with Crippen LogP contribution in [-0.2, 0) is 0 Å². The third-order valence-corrected chi connectivity index (χ3v) is 1.32. The van der Waals surface area contributed by atoms with Gasteiger partial charge in [-0.05, 0) is 6.92 Å². The minimum absolute atomic E-state index is 0.322. The number of aliphatic hydroxyl groups excluding tert-OH is 2. The Labute approximate surface area is 64.6 Å². The maximum Gasteiger partial charge on any atom is 0.120 e. The van der Waals surface area contributed by atoms with Crippen LogP contribution in [0.15, 0.2) is 12.4 Å². The predicted molar refractivity (Wildman–Crippen MR) is 38.8 cm³/mol. The predicted octanol–water partition coefficient (Wildman–Crippen LogP) is -0.189. The molecule has 4 nitrogen and oxygen atoms in total. The zero-order valence-electron chi connectivity index (χ0n) is 6.23. The first-order chi connectivity index (χ1) is 5.24. The molecule has 0 spiro atoms. The Bertz CT molecular complexity index is 222. The van der Waals surface area contributed by atoms with E-state index in [1.807, 2.05) is 6.92 Å². The molecule has 1 atom stereocenters. The Morgan fingerprint density at radius 2 is 2.18 bits per heavy atom. The number of hydrogen-bond acceptors (Lipinski definition) is 4. The van der Waals surface area contributed by atoms with Crippen molar-refractivity contribution in [2.45, 2.75) is 13.0 Å². The van der Waals surface area contributed by atoms with Crippen LogP contribution < -0.4 is 0 Å². The van der Waals surface area contributed by atoms with Crippen molar-refractivity contribution in [3.8, 4) is 0 Å². The van der Waals surface area contributed by atoms with Gasteiger partial charge in [-0.3, -0.25) is 9.97 Å². The van der Waals surface area contributed by atoms with Crippen molar-refractivity contribution in [1.82, 2.24) is 9.97 Å². The molecule has 11 heavy (non-hydrogen) atoms. The summed E-state index contributed by atoms with van der Waals surface area (Å²) in [5, 5.41) is 17.6. The van der Waals surface area contributed by atoms with Gasteiger partial charge in [-0.1, -0.05) is 0 Å². The van der Waals surface area contributed by atoms with Gasteiger partial charge < -0.3 is 10.2 Å². The van der Waals surface area contributed by atoms with Crippen molar-refractivity contribution >= 4 is 0 Å². The molecule has 1 aromatic rings. The third kappa shape index (κ3) is 1.96. The quantitative estimate of drug-likeness (QED) is 0.619. The summed E-state index contributed by atoms with van der Waals surface area (Å²) in [5.74, 6) is 0. The first kappa shape index (κ1) is 8.10. The Hall–Kier alpha value is -1.00. The second-order valence-electron chi connectivity index (χ2n) is 2.28. The van der Waals surface area contributed by atoms with E-state index >= 15 is 0 Å². The van der Waals surface area contributed by atoms with Gasteiger partial charge in [0.2, 0.25) is 0 Å². The molecule has 0 unspecified atom stereocenters. The van der Waals surface area contributed by atoms with E-state index < -0.39 is 6.10 Å². The van der Waals surface area contributed by atoms with Gasteiger partial charge in [0.1, 0.15) is 6.10 Å². The zero-order chi connectivity index (χ0) is 8.27. The van der Waals surface area contributed by atoms with Crippen LogP contribution in [-0.4, -0.2) is 26.8 Å². The summed E-state index contributed by atoms with van der Waals surface area (Å²) < 4.78 is 0. The lowest BCUT2D eigenvalue weighted by atomic mass is 10.3. The van der Waals surface area contributed by atoms with E-state index in [9.17, 15) is 0 Å². The first-order valence-electron chi connectivity index (χ1n) is 3.31. The SMILES string of the molecule is Cc1cnc([C@H](O)CO)cn1. The molecule has 0 aliphatic rings. The van der Waals surface area contributed by atoms with Crippen LogP contribution in [0.3, 0.4) is 0 Å². The molecule has 1 rings (SSSR count). The van der Waals surface area contributed by atoms with Crippen LogP contribution >= 0.6 is 0 Å². The molecule has 0 saturated heterocycles. The van der Waals surface area contributed by atoms with Gasteiger partial charge in [-0.25, -0.2) is 0 Å². The molecule has 0 bridgehead atoms. The van der Waals surface area contributed by atoms with E-state index in [-0.39, 0.29) is 6.61 Å². The molecule has 2 N–H and O–H groups in total. The van der Waals surface area contributed by atoms with Crippen molar-refractivity contribution in [2.24, 2.45) is 0 Å². The molecule has 60 valence electrons. The molecule has 0 radical (unpaired) electrons. The lowest BCUT2D eigenvalue weighted by Gasteiger charge is -2.04. The van der Waals surface area contributed by atoms with Crippen LogP contribution in [0, 0.1) is 6.92 Å². The monoisotopic (exact) mass is 154 g/mol. The van der Waals surface area contributed by atoms with E-state index in [4.69, 9.17) is 10.2 Å². The second-order valence-corrected chi connectivity index (χ2v) is 2.28. The van der Waals surface area contributed by atoms with Crippen LogP contribution in [0.5, 0.6) is 0 Å². The van der Waals surface area contributed by atoms with E-state index in [1.54, 1.807) is 6.20 Å². The molecule has 1 heterocycles. The molecule has 0 fully saturated rings. The summed E-state index contributed by atoms with van der Waals surface area (Å²) in [6, 6.07) is 0. The molecule has 0 aliphatic carbocycles. The van der Waals surface area contributed by atoms with Gasteiger partial charge in [0, 0.05) is 6.20 Å². The van der Waals surface area contributed by atoms with Crippen molar-refractivity contribution in [3.63, 3.8) is 0 Å². The van der Waals surface area contributed by atoms with Gasteiger partial charge in [0.05, 0.1) is 24.2 Å². The Morgan fingerprint density at radius 3 is 2.64 bits per heavy atom. The number of aryl methyl sites for hydroxylation is 1. The van der Waals surface area contributed by atoms with E-state index in [0.717, 1.165) is 5.69 Å². The highest BCUT2D eigenvalue weighted by atomic mass is 16.3. The van der Waals surface area contributed by atoms with Crippen LogP contribution in [0.2, 0.25) is 0 Å². The average molecular weight is 154 g/mol. The van der Waals surface area contributed by atoms with E-state index in [1.165, 1.54) is 6.20 Å². The topological polar surface area (TPSA) is 66.2 Å². The zero-order valence-corrected chi connectivity index (χ0v) is 6.23. The summed E-state index contributed by atoms with van der Waals surface area (Å²) in [6.45, 7) is 1.49. The van der Waals surface area contributed by atoms with Gasteiger partial charge in [-0.2, -0.15) is 0 Å². The highest BCUT2D eigenvalue weighted by molar-refractivity contribution is 5.03. The number of nitrogens with zero attached hydrogens (tertiary/aromatic N) is 2. The Kier molecular flexibility index (Phi) is 2.51. The normalized spacial score (nSPS) is 13.0.